The summed E-state index contributed by atoms with van der Waals surface area (Å²) < 4.78 is 6.69. The maximum atomic E-state index is 10.8. The number of carboxylic acids is 1. The van der Waals surface area contributed by atoms with E-state index >= 15 is 0 Å². The monoisotopic (exact) mass is 342 g/mol. The molecule has 21 heavy (non-hydrogen) atoms. The molecule has 0 amide bonds. The molecule has 0 heterocycles. The van der Waals surface area contributed by atoms with Crippen molar-refractivity contribution >= 4 is 32.7 Å². The molecule has 0 bridgehead atoms. The molecule has 0 saturated carbocycles. The first-order valence-corrected chi connectivity index (χ1v) is 7.13. The van der Waals surface area contributed by atoms with E-state index in [1.54, 1.807) is 12.1 Å². The van der Waals surface area contributed by atoms with Crippen molar-refractivity contribution in [2.24, 2.45) is 0 Å². The number of benzene rings is 3. The summed E-state index contributed by atoms with van der Waals surface area (Å²) in [4.78, 5) is 10.8. The number of halogens is 1. The number of hydrogen-bond donors (Lipinski definition) is 1. The van der Waals surface area contributed by atoms with Gasteiger partial charge in [0.15, 0.2) is 0 Å². The Balaban J connectivity index is 1.94. The highest BCUT2D eigenvalue weighted by molar-refractivity contribution is 9.10. The standard InChI is InChI=1S/C17H11BrO3/c18-16-14-4-2-1-3-11(14)7-10-15(16)21-13-8-5-12(6-9-13)17(19)20/h1-10H,(H,19,20). The van der Waals surface area contributed by atoms with Gasteiger partial charge >= 0.3 is 5.97 Å². The molecule has 104 valence electrons. The largest absolute Gasteiger partial charge is 0.478 e. The lowest BCUT2D eigenvalue weighted by atomic mass is 10.1. The van der Waals surface area contributed by atoms with E-state index in [0.717, 1.165) is 15.2 Å². The molecule has 3 rings (SSSR count). The number of rotatable bonds is 3. The van der Waals surface area contributed by atoms with Crippen LogP contribution >= 0.6 is 15.9 Å². The second-order valence-corrected chi connectivity index (χ2v) is 5.32. The fourth-order valence-electron chi connectivity index (χ4n) is 2.08. The normalized spacial score (nSPS) is 10.5. The molecule has 4 heteroatoms. The minimum absolute atomic E-state index is 0.236. The van der Waals surface area contributed by atoms with E-state index in [1.807, 2.05) is 36.4 Å². The average Bonchev–Trinajstić information content (AvgIpc) is 2.51. The summed E-state index contributed by atoms with van der Waals surface area (Å²) in [5.41, 5.74) is 0.236. The van der Waals surface area contributed by atoms with Crippen LogP contribution in [0.1, 0.15) is 10.4 Å². The molecular weight excluding hydrogens is 332 g/mol. The molecule has 0 radical (unpaired) electrons. The zero-order chi connectivity index (χ0) is 14.8. The fourth-order valence-corrected chi connectivity index (χ4v) is 2.66. The summed E-state index contributed by atoms with van der Waals surface area (Å²) in [6.45, 7) is 0. The maximum absolute atomic E-state index is 10.8. The van der Waals surface area contributed by atoms with Crippen LogP contribution < -0.4 is 4.74 Å². The van der Waals surface area contributed by atoms with Crippen molar-refractivity contribution < 1.29 is 14.6 Å². The van der Waals surface area contributed by atoms with E-state index in [0.29, 0.717) is 11.5 Å². The van der Waals surface area contributed by atoms with Crippen LogP contribution in [0.15, 0.2) is 65.1 Å². The molecule has 1 N–H and O–H groups in total. The highest BCUT2D eigenvalue weighted by Gasteiger charge is 2.08. The third-order valence-corrected chi connectivity index (χ3v) is 3.97. The van der Waals surface area contributed by atoms with Crippen LogP contribution in [0.25, 0.3) is 10.8 Å². The summed E-state index contributed by atoms with van der Waals surface area (Å²) in [5.74, 6) is 0.334. The number of ether oxygens (including phenoxy) is 1. The zero-order valence-corrected chi connectivity index (χ0v) is 12.5. The van der Waals surface area contributed by atoms with Gasteiger partial charge in [0, 0.05) is 0 Å². The van der Waals surface area contributed by atoms with E-state index < -0.39 is 5.97 Å². The Labute approximate surface area is 129 Å². The Morgan fingerprint density at radius 2 is 1.67 bits per heavy atom. The van der Waals surface area contributed by atoms with Gasteiger partial charge in [-0.3, -0.25) is 0 Å². The first kappa shape index (κ1) is 13.6. The molecule has 3 aromatic rings. The Hall–Kier alpha value is -2.33. The van der Waals surface area contributed by atoms with Gasteiger partial charge in [0.25, 0.3) is 0 Å². The molecule has 0 aliphatic carbocycles. The van der Waals surface area contributed by atoms with Crippen molar-refractivity contribution in [3.05, 3.63) is 70.7 Å². The molecule has 0 unspecified atom stereocenters. The lowest BCUT2D eigenvalue weighted by Crippen LogP contribution is -1.95. The molecule has 0 aromatic heterocycles. The van der Waals surface area contributed by atoms with Gasteiger partial charge in [-0.2, -0.15) is 0 Å². The molecule has 0 spiro atoms. The van der Waals surface area contributed by atoms with Gasteiger partial charge in [-0.15, -0.1) is 0 Å². The van der Waals surface area contributed by atoms with E-state index in [1.165, 1.54) is 12.1 Å². The first-order valence-electron chi connectivity index (χ1n) is 6.33. The summed E-state index contributed by atoms with van der Waals surface area (Å²) in [5, 5.41) is 11.1. The molecule has 0 fully saturated rings. The number of aromatic carboxylic acids is 1. The van der Waals surface area contributed by atoms with Crippen LogP contribution in [-0.4, -0.2) is 11.1 Å². The highest BCUT2D eigenvalue weighted by Crippen LogP contribution is 2.35. The van der Waals surface area contributed by atoms with Crippen molar-refractivity contribution in [1.82, 2.24) is 0 Å². The van der Waals surface area contributed by atoms with Crippen molar-refractivity contribution in [3.63, 3.8) is 0 Å². The molecule has 0 atom stereocenters. The van der Waals surface area contributed by atoms with E-state index in [4.69, 9.17) is 9.84 Å². The molecule has 3 nitrogen and oxygen atoms in total. The van der Waals surface area contributed by atoms with Gasteiger partial charge in [-0.25, -0.2) is 4.79 Å². The van der Waals surface area contributed by atoms with Crippen LogP contribution in [0.4, 0.5) is 0 Å². The van der Waals surface area contributed by atoms with E-state index in [-0.39, 0.29) is 5.56 Å². The molecule has 0 aliphatic heterocycles. The topological polar surface area (TPSA) is 46.5 Å². The van der Waals surface area contributed by atoms with Crippen molar-refractivity contribution in [2.75, 3.05) is 0 Å². The number of hydrogen-bond acceptors (Lipinski definition) is 2. The quantitative estimate of drug-likeness (QED) is 0.720. The van der Waals surface area contributed by atoms with Crippen molar-refractivity contribution in [1.29, 1.82) is 0 Å². The van der Waals surface area contributed by atoms with Crippen LogP contribution in [0.5, 0.6) is 11.5 Å². The SMILES string of the molecule is O=C(O)c1ccc(Oc2ccc3ccccc3c2Br)cc1. The zero-order valence-electron chi connectivity index (χ0n) is 10.9. The second-order valence-electron chi connectivity index (χ2n) is 4.53. The lowest BCUT2D eigenvalue weighted by molar-refractivity contribution is 0.0697. The fraction of sp³-hybridized carbons (Fsp3) is 0. The van der Waals surface area contributed by atoms with Crippen molar-refractivity contribution in [3.8, 4) is 11.5 Å². The van der Waals surface area contributed by atoms with Gasteiger partial charge in [0.2, 0.25) is 0 Å². The summed E-state index contributed by atoms with van der Waals surface area (Å²) in [7, 11) is 0. The molecule has 0 aliphatic rings. The molecular formula is C17H11BrO3. The average molecular weight is 343 g/mol. The Bertz CT molecular complexity index is 810. The smallest absolute Gasteiger partial charge is 0.335 e. The summed E-state index contributed by atoms with van der Waals surface area (Å²) in [6.07, 6.45) is 0. The highest BCUT2D eigenvalue weighted by atomic mass is 79.9. The first-order chi connectivity index (χ1) is 10.1. The minimum atomic E-state index is -0.951. The number of carboxylic acid groups (broad SMARTS) is 1. The summed E-state index contributed by atoms with van der Waals surface area (Å²) >= 11 is 3.56. The maximum Gasteiger partial charge on any atom is 0.335 e. The van der Waals surface area contributed by atoms with Gasteiger partial charge in [0.05, 0.1) is 10.0 Å². The van der Waals surface area contributed by atoms with E-state index in [2.05, 4.69) is 15.9 Å². The lowest BCUT2D eigenvalue weighted by Gasteiger charge is -2.10. The van der Waals surface area contributed by atoms with Gasteiger partial charge in [0.1, 0.15) is 11.5 Å². The number of carbonyl (C=O) groups is 1. The van der Waals surface area contributed by atoms with Gasteiger partial charge < -0.3 is 9.84 Å². The molecule has 0 saturated heterocycles. The van der Waals surface area contributed by atoms with Gasteiger partial charge in [-0.1, -0.05) is 30.3 Å². The van der Waals surface area contributed by atoms with Crippen LogP contribution in [-0.2, 0) is 0 Å². The third-order valence-electron chi connectivity index (χ3n) is 3.16. The van der Waals surface area contributed by atoms with Crippen molar-refractivity contribution in [2.45, 2.75) is 0 Å². The Kier molecular flexibility index (Phi) is 3.62. The van der Waals surface area contributed by atoms with E-state index in [9.17, 15) is 4.79 Å². The third kappa shape index (κ3) is 2.76. The van der Waals surface area contributed by atoms with Crippen LogP contribution in [0.3, 0.4) is 0 Å². The molecule has 3 aromatic carbocycles. The van der Waals surface area contributed by atoms with Crippen LogP contribution in [0, 0.1) is 0 Å². The van der Waals surface area contributed by atoms with Crippen LogP contribution in [0.2, 0.25) is 0 Å². The summed E-state index contributed by atoms with van der Waals surface area (Å²) in [6, 6.07) is 18.2. The second kappa shape index (κ2) is 5.58. The minimum Gasteiger partial charge on any atom is -0.478 e. The predicted octanol–water partition coefficient (Wildman–Crippen LogP) is 5.09. The Morgan fingerprint density at radius 3 is 2.38 bits per heavy atom. The predicted molar refractivity (Wildman–Crippen MR) is 85.1 cm³/mol. The Morgan fingerprint density at radius 1 is 0.952 bits per heavy atom. The van der Waals surface area contributed by atoms with Gasteiger partial charge in [-0.05, 0) is 57.0 Å². The number of fused-ring (bicyclic) bond motifs is 1.